The summed E-state index contributed by atoms with van der Waals surface area (Å²) >= 11 is 0. The van der Waals surface area contributed by atoms with E-state index >= 15 is 0 Å². The predicted molar refractivity (Wildman–Crippen MR) is 69.4 cm³/mol. The number of nitrogens with two attached hydrogens (primary N) is 1. The zero-order valence-electron chi connectivity index (χ0n) is 10.2. The molecule has 1 aromatic rings. The van der Waals surface area contributed by atoms with Crippen LogP contribution in [0.5, 0.6) is 0 Å². The first-order chi connectivity index (χ1) is 8.76. The Morgan fingerprint density at radius 3 is 1.84 bits per heavy atom. The lowest BCUT2D eigenvalue weighted by molar-refractivity contribution is 0.578. The van der Waals surface area contributed by atoms with E-state index in [-0.39, 0.29) is 21.9 Å². The summed E-state index contributed by atoms with van der Waals surface area (Å²) < 4.78 is 51.5. The number of sulfonamides is 2. The highest BCUT2D eigenvalue weighted by molar-refractivity contribution is 7.90. The second kappa shape index (κ2) is 4.84. The molecule has 0 radical (unpaired) electrons. The van der Waals surface area contributed by atoms with Crippen molar-refractivity contribution in [3.63, 3.8) is 0 Å². The summed E-state index contributed by atoms with van der Waals surface area (Å²) in [6.07, 6.45) is 0.617. The summed E-state index contributed by atoms with van der Waals surface area (Å²) in [4.78, 5) is 0.0266. The summed E-state index contributed by atoms with van der Waals surface area (Å²) in [5, 5.41) is 0. The van der Waals surface area contributed by atoms with Crippen molar-refractivity contribution in [1.82, 2.24) is 9.44 Å². The molecule has 2 atom stereocenters. The summed E-state index contributed by atoms with van der Waals surface area (Å²) in [5.41, 5.74) is 5.54. The van der Waals surface area contributed by atoms with Gasteiger partial charge in [0, 0.05) is 12.1 Å². The Balaban J connectivity index is 2.23. The molecule has 9 heteroatoms. The van der Waals surface area contributed by atoms with Crippen LogP contribution in [-0.2, 0) is 20.0 Å². The van der Waals surface area contributed by atoms with E-state index in [0.717, 1.165) is 0 Å². The molecule has 1 aliphatic rings. The van der Waals surface area contributed by atoms with Crippen LogP contribution in [0.15, 0.2) is 34.1 Å². The number of benzene rings is 1. The van der Waals surface area contributed by atoms with Crippen molar-refractivity contribution in [1.29, 1.82) is 0 Å². The molecule has 2 unspecified atom stereocenters. The lowest BCUT2D eigenvalue weighted by Crippen LogP contribution is -2.29. The van der Waals surface area contributed by atoms with Crippen LogP contribution < -0.4 is 15.2 Å². The van der Waals surface area contributed by atoms with Crippen LogP contribution in [0.3, 0.4) is 0 Å². The number of rotatable bonds is 5. The third-order valence-electron chi connectivity index (χ3n) is 2.86. The first-order valence-electron chi connectivity index (χ1n) is 5.58. The van der Waals surface area contributed by atoms with Crippen LogP contribution >= 0.6 is 0 Å². The van der Waals surface area contributed by atoms with Crippen molar-refractivity contribution in [3.8, 4) is 0 Å². The first-order valence-corrected chi connectivity index (χ1v) is 8.54. The van der Waals surface area contributed by atoms with Gasteiger partial charge in [-0.05, 0) is 37.7 Å². The molecule has 0 spiro atoms. The van der Waals surface area contributed by atoms with Gasteiger partial charge in [-0.25, -0.2) is 26.3 Å². The lowest BCUT2D eigenvalue weighted by atomic mass is 10.4. The second-order valence-electron chi connectivity index (χ2n) is 4.31. The lowest BCUT2D eigenvalue weighted by Gasteiger charge is -2.07. The van der Waals surface area contributed by atoms with Crippen LogP contribution in [0, 0.1) is 0 Å². The average molecular weight is 305 g/mol. The third-order valence-corrected chi connectivity index (χ3v) is 5.80. The largest absolute Gasteiger partial charge is 0.326 e. The normalized spacial score (nSPS) is 23.3. The van der Waals surface area contributed by atoms with E-state index in [1.54, 1.807) is 0 Å². The van der Waals surface area contributed by atoms with Crippen molar-refractivity contribution < 1.29 is 16.8 Å². The molecular weight excluding hydrogens is 290 g/mol. The fourth-order valence-electron chi connectivity index (χ4n) is 1.53. The maximum absolute atomic E-state index is 11.9. The van der Waals surface area contributed by atoms with Gasteiger partial charge in [-0.3, -0.25) is 0 Å². The van der Waals surface area contributed by atoms with Gasteiger partial charge < -0.3 is 5.73 Å². The van der Waals surface area contributed by atoms with Gasteiger partial charge in [0.25, 0.3) is 0 Å². The number of nitrogens with one attached hydrogen (secondary N) is 2. The van der Waals surface area contributed by atoms with E-state index in [0.29, 0.717) is 6.42 Å². The Kier molecular flexibility index (Phi) is 3.67. The molecule has 1 saturated carbocycles. The zero-order chi connectivity index (χ0) is 14.3. The van der Waals surface area contributed by atoms with Crippen molar-refractivity contribution in [2.75, 3.05) is 7.05 Å². The van der Waals surface area contributed by atoms with Crippen LogP contribution in [0.25, 0.3) is 0 Å². The Morgan fingerprint density at radius 1 is 1.05 bits per heavy atom. The minimum absolute atomic E-state index is 0.0112. The molecule has 0 saturated heterocycles. The van der Waals surface area contributed by atoms with Crippen LogP contribution in [0.2, 0.25) is 0 Å². The molecule has 0 aliphatic heterocycles. The van der Waals surface area contributed by atoms with Gasteiger partial charge in [0.05, 0.1) is 9.79 Å². The van der Waals surface area contributed by atoms with Crippen molar-refractivity contribution in [3.05, 3.63) is 24.3 Å². The van der Waals surface area contributed by atoms with E-state index in [2.05, 4.69) is 9.44 Å². The monoisotopic (exact) mass is 305 g/mol. The standard InChI is InChI=1S/C10H15N3O4S2/c1-12-18(14,15)7-2-4-8(5-3-7)19(16,17)13-10-6-9(10)11/h2-5,9-10,12-13H,6,11H2,1H3. The second-order valence-corrected chi connectivity index (χ2v) is 7.91. The SMILES string of the molecule is CNS(=O)(=O)c1ccc(S(=O)(=O)NC2CC2N)cc1. The minimum Gasteiger partial charge on any atom is -0.326 e. The van der Waals surface area contributed by atoms with Crippen molar-refractivity contribution in [2.45, 2.75) is 28.3 Å². The van der Waals surface area contributed by atoms with E-state index in [9.17, 15) is 16.8 Å². The quantitative estimate of drug-likeness (QED) is 0.643. The highest BCUT2D eigenvalue weighted by Gasteiger charge is 2.37. The maximum Gasteiger partial charge on any atom is 0.240 e. The first kappa shape index (κ1) is 14.4. The topological polar surface area (TPSA) is 118 Å². The third kappa shape index (κ3) is 3.12. The fraction of sp³-hybridized carbons (Fsp3) is 0.400. The van der Waals surface area contributed by atoms with Crippen LogP contribution in [0.1, 0.15) is 6.42 Å². The highest BCUT2D eigenvalue weighted by atomic mass is 32.2. The smallest absolute Gasteiger partial charge is 0.240 e. The maximum atomic E-state index is 11.9. The van der Waals surface area contributed by atoms with Gasteiger partial charge in [0.2, 0.25) is 20.0 Å². The average Bonchev–Trinajstić information content (AvgIpc) is 3.04. The van der Waals surface area contributed by atoms with E-state index in [1.165, 1.54) is 31.3 Å². The molecule has 1 fully saturated rings. The molecule has 106 valence electrons. The van der Waals surface area contributed by atoms with Crippen LogP contribution in [-0.4, -0.2) is 36.0 Å². The van der Waals surface area contributed by atoms with E-state index < -0.39 is 20.0 Å². The summed E-state index contributed by atoms with van der Waals surface area (Å²) in [5.74, 6) is 0. The minimum atomic E-state index is -3.64. The molecule has 7 nitrogen and oxygen atoms in total. The fourth-order valence-corrected chi connectivity index (χ4v) is 3.56. The van der Waals surface area contributed by atoms with Crippen LogP contribution in [0.4, 0.5) is 0 Å². The molecule has 0 heterocycles. The molecule has 19 heavy (non-hydrogen) atoms. The van der Waals surface area contributed by atoms with Gasteiger partial charge in [-0.1, -0.05) is 0 Å². The van der Waals surface area contributed by atoms with Crippen molar-refractivity contribution >= 4 is 20.0 Å². The summed E-state index contributed by atoms with van der Waals surface area (Å²) in [6.45, 7) is 0. The molecule has 0 bridgehead atoms. The van der Waals surface area contributed by atoms with Gasteiger partial charge in [-0.15, -0.1) is 0 Å². The summed E-state index contributed by atoms with van der Waals surface area (Å²) in [7, 11) is -5.92. The molecule has 0 aromatic heterocycles. The molecule has 0 amide bonds. The highest BCUT2D eigenvalue weighted by Crippen LogP contribution is 2.22. The Hall–Kier alpha value is -1.00. The van der Waals surface area contributed by atoms with Gasteiger partial charge in [0.15, 0.2) is 0 Å². The number of hydrogen-bond acceptors (Lipinski definition) is 5. The molecule has 1 aliphatic carbocycles. The van der Waals surface area contributed by atoms with Gasteiger partial charge >= 0.3 is 0 Å². The van der Waals surface area contributed by atoms with E-state index in [1.807, 2.05) is 0 Å². The molecule has 2 rings (SSSR count). The Bertz CT molecular complexity index is 667. The Labute approximate surface area is 112 Å². The number of hydrogen-bond donors (Lipinski definition) is 3. The zero-order valence-corrected chi connectivity index (χ0v) is 11.8. The van der Waals surface area contributed by atoms with E-state index in [4.69, 9.17) is 5.73 Å². The molecular formula is C10H15N3O4S2. The van der Waals surface area contributed by atoms with Gasteiger partial charge in [0.1, 0.15) is 0 Å². The van der Waals surface area contributed by atoms with Crippen molar-refractivity contribution in [2.24, 2.45) is 5.73 Å². The molecule has 4 N–H and O–H groups in total. The Morgan fingerprint density at radius 2 is 1.47 bits per heavy atom. The predicted octanol–water partition coefficient (Wildman–Crippen LogP) is -1.03. The molecule has 1 aromatic carbocycles. The van der Waals surface area contributed by atoms with Gasteiger partial charge in [-0.2, -0.15) is 0 Å². The summed E-state index contributed by atoms with van der Waals surface area (Å²) in [6, 6.07) is 4.62.